The van der Waals surface area contributed by atoms with Gasteiger partial charge in [0.05, 0.1) is 18.4 Å². The molecule has 3 aromatic rings. The van der Waals surface area contributed by atoms with E-state index in [-0.39, 0.29) is 16.7 Å². The number of hydrogen-bond donors (Lipinski definition) is 0. The molecule has 1 saturated heterocycles. The number of rotatable bonds is 4. The minimum Gasteiger partial charge on any atom is -0.497 e. The first kappa shape index (κ1) is 21.8. The lowest BCUT2D eigenvalue weighted by Gasteiger charge is -2.39. The molecule has 0 N–H and O–H groups in total. The molecule has 1 amide bonds. The molecule has 0 spiro atoms. The van der Waals surface area contributed by atoms with Crippen molar-refractivity contribution in [3.63, 3.8) is 0 Å². The maximum absolute atomic E-state index is 14.0. The number of ether oxygens (including phenoxy) is 1. The van der Waals surface area contributed by atoms with Gasteiger partial charge in [0.25, 0.3) is 5.91 Å². The molecule has 2 bridgehead atoms. The zero-order valence-corrected chi connectivity index (χ0v) is 20.4. The predicted molar refractivity (Wildman–Crippen MR) is 133 cm³/mol. The second-order valence-corrected chi connectivity index (χ2v) is 11.1. The second-order valence-electron chi connectivity index (χ2n) is 11.1. The zero-order valence-electron chi connectivity index (χ0n) is 20.4. The topological polar surface area (TPSA) is 34.5 Å². The third-order valence-electron chi connectivity index (χ3n) is 7.55. The van der Waals surface area contributed by atoms with Gasteiger partial charge in [0.2, 0.25) is 0 Å². The van der Waals surface area contributed by atoms with Crippen molar-refractivity contribution in [2.24, 2.45) is 10.8 Å². The highest BCUT2D eigenvalue weighted by atomic mass is 16.5. The Labute approximate surface area is 197 Å². The van der Waals surface area contributed by atoms with Crippen molar-refractivity contribution in [3.8, 4) is 22.7 Å². The maximum atomic E-state index is 14.0. The molecule has 2 aliphatic rings. The minimum absolute atomic E-state index is 0.170. The van der Waals surface area contributed by atoms with Gasteiger partial charge in [-0.2, -0.15) is 0 Å². The molecule has 4 nitrogen and oxygen atoms in total. The lowest BCUT2D eigenvalue weighted by Crippen LogP contribution is -2.37. The number of carbonyl (C=O) groups is 1. The van der Waals surface area contributed by atoms with Crippen LogP contribution in [0, 0.1) is 17.8 Å². The fourth-order valence-electron chi connectivity index (χ4n) is 6.56. The Balaban J connectivity index is 1.59. The maximum Gasteiger partial charge on any atom is 0.255 e. The quantitative estimate of drug-likeness (QED) is 0.462. The summed E-state index contributed by atoms with van der Waals surface area (Å²) >= 11 is 0. The molecule has 1 saturated carbocycles. The molecule has 0 radical (unpaired) electrons. The van der Waals surface area contributed by atoms with Gasteiger partial charge in [-0.3, -0.25) is 4.79 Å². The molecule has 4 heteroatoms. The normalized spacial score (nSPS) is 23.5. The summed E-state index contributed by atoms with van der Waals surface area (Å²) in [6, 6.07) is 20.8. The molecule has 2 fully saturated rings. The molecule has 2 atom stereocenters. The summed E-state index contributed by atoms with van der Waals surface area (Å²) in [6.07, 6.45) is 3.38. The molecule has 5 rings (SSSR count). The number of likely N-dealkylation sites (tertiary alicyclic amines) is 1. The van der Waals surface area contributed by atoms with E-state index in [0.29, 0.717) is 6.04 Å². The number of benzene rings is 2. The first-order chi connectivity index (χ1) is 15.7. The summed E-state index contributed by atoms with van der Waals surface area (Å²) in [7, 11) is 1.68. The van der Waals surface area contributed by atoms with Crippen LogP contribution >= 0.6 is 0 Å². The molecule has 2 unspecified atom stereocenters. The highest BCUT2D eigenvalue weighted by Crippen LogP contribution is 2.53. The minimum atomic E-state index is 0.170. The Bertz CT molecular complexity index is 1180. The lowest BCUT2D eigenvalue weighted by atomic mass is 9.65. The summed E-state index contributed by atoms with van der Waals surface area (Å²) in [4.78, 5) is 16.2. The fraction of sp³-hybridized carbons (Fsp3) is 0.414. The van der Waals surface area contributed by atoms with E-state index in [2.05, 4.69) is 67.5 Å². The van der Waals surface area contributed by atoms with Crippen LogP contribution in [-0.2, 0) is 0 Å². The average Bonchev–Trinajstić information content (AvgIpc) is 3.26. The zero-order chi connectivity index (χ0) is 23.4. The highest BCUT2D eigenvalue weighted by molar-refractivity contribution is 5.98. The van der Waals surface area contributed by atoms with E-state index in [1.165, 1.54) is 6.42 Å². The van der Waals surface area contributed by atoms with Crippen LogP contribution in [0.4, 0.5) is 0 Å². The Morgan fingerprint density at radius 1 is 1.00 bits per heavy atom. The molecule has 33 heavy (non-hydrogen) atoms. The van der Waals surface area contributed by atoms with Gasteiger partial charge < -0.3 is 14.2 Å². The van der Waals surface area contributed by atoms with Gasteiger partial charge in [-0.1, -0.05) is 39.0 Å². The van der Waals surface area contributed by atoms with Crippen LogP contribution < -0.4 is 4.74 Å². The van der Waals surface area contributed by atoms with Crippen LogP contribution in [0.25, 0.3) is 16.9 Å². The number of nitrogens with zero attached hydrogens (tertiary/aromatic N) is 2. The Kier molecular flexibility index (Phi) is 5.15. The second kappa shape index (κ2) is 7.79. The van der Waals surface area contributed by atoms with E-state index in [9.17, 15) is 4.79 Å². The van der Waals surface area contributed by atoms with Crippen molar-refractivity contribution in [2.75, 3.05) is 13.7 Å². The highest BCUT2D eigenvalue weighted by Gasteiger charge is 2.51. The fourth-order valence-corrected chi connectivity index (χ4v) is 6.56. The molecule has 1 aliphatic heterocycles. The molecular weight excluding hydrogens is 408 g/mol. The molecular formula is C29H34N2O2. The van der Waals surface area contributed by atoms with E-state index < -0.39 is 0 Å². The van der Waals surface area contributed by atoms with Gasteiger partial charge in [-0.05, 0) is 85.0 Å². The molecule has 172 valence electrons. The van der Waals surface area contributed by atoms with Crippen molar-refractivity contribution in [3.05, 3.63) is 71.9 Å². The summed E-state index contributed by atoms with van der Waals surface area (Å²) in [5.41, 5.74) is 5.45. The van der Waals surface area contributed by atoms with Gasteiger partial charge in [0, 0.05) is 24.0 Å². The van der Waals surface area contributed by atoms with Crippen LogP contribution in [0.15, 0.2) is 60.7 Å². The number of hydrogen-bond acceptors (Lipinski definition) is 2. The van der Waals surface area contributed by atoms with Crippen LogP contribution in [0.3, 0.4) is 0 Å². The third-order valence-corrected chi connectivity index (χ3v) is 7.55. The number of amides is 1. The van der Waals surface area contributed by atoms with E-state index in [1.54, 1.807) is 7.11 Å². The van der Waals surface area contributed by atoms with E-state index in [1.807, 2.05) is 30.3 Å². The van der Waals surface area contributed by atoms with E-state index in [0.717, 1.165) is 53.3 Å². The first-order valence-corrected chi connectivity index (χ1v) is 11.9. The molecule has 1 aliphatic carbocycles. The van der Waals surface area contributed by atoms with Crippen molar-refractivity contribution < 1.29 is 9.53 Å². The van der Waals surface area contributed by atoms with Crippen LogP contribution in [0.2, 0.25) is 0 Å². The van der Waals surface area contributed by atoms with E-state index >= 15 is 0 Å². The van der Waals surface area contributed by atoms with Crippen LogP contribution in [0.5, 0.6) is 5.75 Å². The Hall–Kier alpha value is -3.01. The largest absolute Gasteiger partial charge is 0.497 e. The third kappa shape index (κ3) is 3.86. The standard InChI is InChI=1S/C29H34N2O2/c1-20-25(27(32)30-19-29(4)17-23(30)16-28(2,3)18-29)15-26(21-11-13-24(33-5)14-12-21)31(20)22-9-7-6-8-10-22/h6-15,23H,16-19H2,1-5H3. The Morgan fingerprint density at radius 2 is 1.70 bits per heavy atom. The van der Waals surface area contributed by atoms with Gasteiger partial charge in [-0.15, -0.1) is 0 Å². The SMILES string of the molecule is COc1ccc(-c2cc(C(=O)N3CC4(C)CC3CC(C)(C)C4)c(C)n2-c2ccccc2)cc1. The first-order valence-electron chi connectivity index (χ1n) is 11.9. The lowest BCUT2D eigenvalue weighted by molar-refractivity contribution is 0.0707. The summed E-state index contributed by atoms with van der Waals surface area (Å²) < 4.78 is 7.56. The van der Waals surface area contributed by atoms with Gasteiger partial charge in [0.15, 0.2) is 0 Å². The Morgan fingerprint density at radius 3 is 2.36 bits per heavy atom. The van der Waals surface area contributed by atoms with Gasteiger partial charge in [0.1, 0.15) is 5.75 Å². The number of aromatic nitrogens is 1. The monoisotopic (exact) mass is 442 g/mol. The van der Waals surface area contributed by atoms with Crippen LogP contribution in [0.1, 0.15) is 56.1 Å². The average molecular weight is 443 g/mol. The summed E-state index contributed by atoms with van der Waals surface area (Å²) in [5, 5.41) is 0. The number of carbonyl (C=O) groups excluding carboxylic acids is 1. The predicted octanol–water partition coefficient (Wildman–Crippen LogP) is 6.50. The number of fused-ring (bicyclic) bond motifs is 2. The molecule has 2 heterocycles. The smallest absolute Gasteiger partial charge is 0.255 e. The van der Waals surface area contributed by atoms with Crippen LogP contribution in [-0.4, -0.2) is 35.1 Å². The van der Waals surface area contributed by atoms with Crippen molar-refractivity contribution in [1.82, 2.24) is 9.47 Å². The van der Waals surface area contributed by atoms with Gasteiger partial charge in [-0.25, -0.2) is 0 Å². The number of methoxy groups -OCH3 is 1. The number of para-hydroxylation sites is 1. The van der Waals surface area contributed by atoms with Gasteiger partial charge >= 0.3 is 0 Å². The van der Waals surface area contributed by atoms with Crippen molar-refractivity contribution in [2.45, 2.75) is 53.0 Å². The molecule has 2 aromatic carbocycles. The summed E-state index contributed by atoms with van der Waals surface area (Å²) in [6.45, 7) is 9.99. The van der Waals surface area contributed by atoms with E-state index in [4.69, 9.17) is 4.74 Å². The molecule has 1 aromatic heterocycles. The van der Waals surface area contributed by atoms with Crippen molar-refractivity contribution in [1.29, 1.82) is 0 Å². The van der Waals surface area contributed by atoms with Crippen molar-refractivity contribution >= 4 is 5.91 Å². The summed E-state index contributed by atoms with van der Waals surface area (Å²) in [5.74, 6) is 0.994.